The molecular formula is C19H28N2OS. The molecule has 3 nitrogen and oxygen atoms in total. The first kappa shape index (κ1) is 19.2. The lowest BCUT2D eigenvalue weighted by Crippen LogP contribution is -2.09. The third kappa shape index (κ3) is 6.45. The molecule has 2 rings (SSSR count). The van der Waals surface area contributed by atoms with Crippen LogP contribution in [-0.2, 0) is 0 Å². The van der Waals surface area contributed by atoms with E-state index in [1.807, 2.05) is 52.1 Å². The van der Waals surface area contributed by atoms with Gasteiger partial charge in [0.25, 0.3) is 0 Å². The standard InChI is InChI=1S/C17H22N2OS.C2H6/c1-4-6-14(18-10-5-2)9-11-20-15-7-8-16-17(12-15)21-13(3)19-16;1-2/h5-8,10,12,18H,4,9,11H2,1-3H3;1-2H3/b10-5-,14-6+;. The monoisotopic (exact) mass is 332 g/mol. The normalized spacial score (nSPS) is 11.4. The molecule has 0 saturated carbocycles. The quantitative estimate of drug-likeness (QED) is 0.694. The van der Waals surface area contributed by atoms with Crippen molar-refractivity contribution in [3.8, 4) is 5.75 Å². The van der Waals surface area contributed by atoms with Crippen LogP contribution in [0.5, 0.6) is 5.75 Å². The number of aromatic nitrogens is 1. The lowest BCUT2D eigenvalue weighted by Gasteiger charge is -2.09. The minimum absolute atomic E-state index is 0.666. The Morgan fingerprint density at radius 3 is 2.83 bits per heavy atom. The molecule has 126 valence electrons. The van der Waals surface area contributed by atoms with E-state index in [-0.39, 0.29) is 0 Å². The molecule has 0 aliphatic heterocycles. The molecule has 0 atom stereocenters. The van der Waals surface area contributed by atoms with Crippen LogP contribution < -0.4 is 10.1 Å². The number of hydrogen-bond acceptors (Lipinski definition) is 4. The Bertz CT molecular complexity index is 644. The summed E-state index contributed by atoms with van der Waals surface area (Å²) < 4.78 is 7.04. The lowest BCUT2D eigenvalue weighted by atomic mass is 10.2. The van der Waals surface area contributed by atoms with Crippen LogP contribution in [0.4, 0.5) is 0 Å². The van der Waals surface area contributed by atoms with Gasteiger partial charge in [0.2, 0.25) is 0 Å². The van der Waals surface area contributed by atoms with Gasteiger partial charge in [-0.3, -0.25) is 0 Å². The summed E-state index contributed by atoms with van der Waals surface area (Å²) in [6, 6.07) is 6.09. The van der Waals surface area contributed by atoms with E-state index < -0.39 is 0 Å². The third-order valence-electron chi connectivity index (χ3n) is 2.99. The van der Waals surface area contributed by atoms with E-state index in [1.165, 1.54) is 10.4 Å². The van der Waals surface area contributed by atoms with Crippen molar-refractivity contribution in [1.82, 2.24) is 10.3 Å². The Labute approximate surface area is 144 Å². The zero-order valence-corrected chi connectivity index (χ0v) is 15.7. The molecule has 0 aliphatic carbocycles. The van der Waals surface area contributed by atoms with Crippen molar-refractivity contribution in [2.75, 3.05) is 6.61 Å². The van der Waals surface area contributed by atoms with Crippen LogP contribution >= 0.6 is 11.3 Å². The van der Waals surface area contributed by atoms with Gasteiger partial charge in [0.15, 0.2) is 0 Å². The lowest BCUT2D eigenvalue weighted by molar-refractivity contribution is 0.320. The van der Waals surface area contributed by atoms with E-state index in [4.69, 9.17) is 4.74 Å². The Morgan fingerprint density at radius 1 is 1.35 bits per heavy atom. The summed E-state index contributed by atoms with van der Waals surface area (Å²) >= 11 is 1.70. The van der Waals surface area contributed by atoms with E-state index in [2.05, 4.69) is 29.4 Å². The highest BCUT2D eigenvalue weighted by Crippen LogP contribution is 2.26. The Morgan fingerprint density at radius 2 is 2.13 bits per heavy atom. The second-order valence-electron chi connectivity index (χ2n) is 4.74. The summed E-state index contributed by atoms with van der Waals surface area (Å²) in [6.07, 6.45) is 8.03. The minimum atomic E-state index is 0.666. The molecule has 0 saturated heterocycles. The Hall–Kier alpha value is -1.81. The predicted octanol–water partition coefficient (Wildman–Crippen LogP) is 5.82. The SMILES string of the molecule is C/C=C\N/C(=C/CC)CCOc1ccc2nc(C)sc2c1.CC. The molecular weight excluding hydrogens is 304 g/mol. The zero-order chi connectivity index (χ0) is 17.1. The van der Waals surface area contributed by atoms with Crippen LogP contribution in [0.15, 0.2) is 42.2 Å². The maximum Gasteiger partial charge on any atom is 0.120 e. The highest BCUT2D eigenvalue weighted by atomic mass is 32.1. The highest BCUT2D eigenvalue weighted by Gasteiger charge is 2.03. The van der Waals surface area contributed by atoms with Gasteiger partial charge < -0.3 is 10.1 Å². The van der Waals surface area contributed by atoms with Gasteiger partial charge in [-0.1, -0.05) is 32.9 Å². The molecule has 23 heavy (non-hydrogen) atoms. The summed E-state index contributed by atoms with van der Waals surface area (Å²) in [5.41, 5.74) is 2.25. The molecule has 2 aromatic rings. The van der Waals surface area contributed by atoms with Crippen LogP contribution in [0.25, 0.3) is 10.2 Å². The number of hydrogen-bond donors (Lipinski definition) is 1. The van der Waals surface area contributed by atoms with Crippen molar-refractivity contribution in [3.05, 3.63) is 47.3 Å². The second-order valence-corrected chi connectivity index (χ2v) is 5.98. The van der Waals surface area contributed by atoms with Crippen LogP contribution in [0.2, 0.25) is 0 Å². The average molecular weight is 333 g/mol. The first-order valence-corrected chi connectivity index (χ1v) is 9.11. The van der Waals surface area contributed by atoms with Crippen molar-refractivity contribution in [3.63, 3.8) is 0 Å². The minimum Gasteiger partial charge on any atom is -0.493 e. The summed E-state index contributed by atoms with van der Waals surface area (Å²) in [4.78, 5) is 4.46. The van der Waals surface area contributed by atoms with Crippen molar-refractivity contribution < 1.29 is 4.74 Å². The molecule has 0 bridgehead atoms. The Balaban J connectivity index is 0.00000127. The number of benzene rings is 1. The number of nitrogens with zero attached hydrogens (tertiary/aromatic N) is 1. The number of fused-ring (bicyclic) bond motifs is 1. The Kier molecular flexibility index (Phi) is 9.07. The number of aryl methyl sites for hydroxylation is 1. The number of allylic oxidation sites excluding steroid dienone is 2. The molecule has 1 heterocycles. The summed E-state index contributed by atoms with van der Waals surface area (Å²) in [7, 11) is 0. The maximum atomic E-state index is 5.85. The first-order valence-electron chi connectivity index (χ1n) is 8.29. The van der Waals surface area contributed by atoms with Gasteiger partial charge >= 0.3 is 0 Å². The zero-order valence-electron chi connectivity index (χ0n) is 14.8. The first-order chi connectivity index (χ1) is 11.2. The molecule has 0 aliphatic rings. The van der Waals surface area contributed by atoms with Crippen LogP contribution in [-0.4, -0.2) is 11.6 Å². The van der Waals surface area contributed by atoms with Gasteiger partial charge in [-0.25, -0.2) is 4.98 Å². The second kappa shape index (κ2) is 10.8. The molecule has 1 aromatic heterocycles. The van der Waals surface area contributed by atoms with Gasteiger partial charge in [-0.05, 0) is 44.7 Å². The van der Waals surface area contributed by atoms with E-state index in [0.717, 1.165) is 29.1 Å². The van der Waals surface area contributed by atoms with Crippen LogP contribution in [0.3, 0.4) is 0 Å². The highest BCUT2D eigenvalue weighted by molar-refractivity contribution is 7.18. The number of rotatable bonds is 7. The van der Waals surface area contributed by atoms with Gasteiger partial charge in [0.1, 0.15) is 5.75 Å². The topological polar surface area (TPSA) is 34.1 Å². The summed E-state index contributed by atoms with van der Waals surface area (Å²) in [6.45, 7) is 10.8. The predicted molar refractivity (Wildman–Crippen MR) is 102 cm³/mol. The van der Waals surface area contributed by atoms with Crippen molar-refractivity contribution in [2.45, 2.75) is 47.5 Å². The number of thiazole rings is 1. The fourth-order valence-electron chi connectivity index (χ4n) is 2.06. The third-order valence-corrected chi connectivity index (χ3v) is 3.93. The van der Waals surface area contributed by atoms with E-state index in [1.54, 1.807) is 11.3 Å². The maximum absolute atomic E-state index is 5.85. The van der Waals surface area contributed by atoms with Gasteiger partial charge in [-0.15, -0.1) is 11.3 Å². The van der Waals surface area contributed by atoms with E-state index in [0.29, 0.717) is 6.61 Å². The fourth-order valence-corrected chi connectivity index (χ4v) is 2.91. The fraction of sp³-hybridized carbons (Fsp3) is 0.421. The van der Waals surface area contributed by atoms with Crippen molar-refractivity contribution in [1.29, 1.82) is 0 Å². The largest absolute Gasteiger partial charge is 0.493 e. The molecule has 1 aromatic carbocycles. The smallest absolute Gasteiger partial charge is 0.120 e. The van der Waals surface area contributed by atoms with Crippen molar-refractivity contribution in [2.24, 2.45) is 0 Å². The molecule has 0 unspecified atom stereocenters. The molecule has 0 radical (unpaired) electrons. The van der Waals surface area contributed by atoms with E-state index in [9.17, 15) is 0 Å². The van der Waals surface area contributed by atoms with Crippen LogP contribution in [0.1, 0.15) is 45.5 Å². The average Bonchev–Trinajstić information content (AvgIpc) is 2.94. The van der Waals surface area contributed by atoms with Crippen LogP contribution in [0, 0.1) is 6.92 Å². The molecule has 0 amide bonds. The number of nitrogens with one attached hydrogen (secondary N) is 1. The van der Waals surface area contributed by atoms with Gasteiger partial charge in [-0.2, -0.15) is 0 Å². The summed E-state index contributed by atoms with van der Waals surface area (Å²) in [5, 5.41) is 4.37. The van der Waals surface area contributed by atoms with E-state index >= 15 is 0 Å². The molecule has 0 spiro atoms. The molecule has 1 N–H and O–H groups in total. The van der Waals surface area contributed by atoms with Gasteiger partial charge in [0, 0.05) is 12.1 Å². The summed E-state index contributed by atoms with van der Waals surface area (Å²) in [5.74, 6) is 0.910. The van der Waals surface area contributed by atoms with Gasteiger partial charge in [0.05, 0.1) is 21.8 Å². The molecule has 0 fully saturated rings. The van der Waals surface area contributed by atoms with Crippen molar-refractivity contribution >= 4 is 21.6 Å². The number of ether oxygens (including phenoxy) is 1. The molecule has 4 heteroatoms.